The average molecular weight is 315 g/mol. The van der Waals surface area contributed by atoms with Gasteiger partial charge in [-0.1, -0.05) is 12.1 Å². The Morgan fingerprint density at radius 3 is 2.71 bits per heavy atom. The minimum Gasteiger partial charge on any atom is -0.388 e. The largest absolute Gasteiger partial charge is 0.388 e. The van der Waals surface area contributed by atoms with Crippen LogP contribution < -0.4 is 5.32 Å². The van der Waals surface area contributed by atoms with Crippen LogP contribution in [-0.2, 0) is 15.3 Å². The molecule has 1 atom stereocenters. The Hall–Kier alpha value is -1.11. The van der Waals surface area contributed by atoms with E-state index < -0.39 is 5.60 Å². The van der Waals surface area contributed by atoms with Crippen LogP contribution in [0.2, 0.25) is 0 Å². The van der Waals surface area contributed by atoms with Gasteiger partial charge in [-0.3, -0.25) is 4.79 Å². The molecule has 0 aliphatic heterocycles. The van der Waals surface area contributed by atoms with Crippen LogP contribution in [0.5, 0.6) is 0 Å². The number of hydrogen-bond acceptors (Lipinski definition) is 4. The molecule has 1 rings (SSSR count). The first-order valence-electron chi connectivity index (χ1n) is 6.73. The normalized spacial score (nSPS) is 13.7. The highest BCUT2D eigenvalue weighted by Crippen LogP contribution is 2.13. The molecule has 1 unspecified atom stereocenters. The molecule has 0 aromatic heterocycles. The molecule has 21 heavy (non-hydrogen) atoms. The van der Waals surface area contributed by atoms with Gasteiger partial charge in [0.05, 0.1) is 11.4 Å². The molecule has 2 N–H and O–H groups in total. The molecule has 0 aliphatic carbocycles. The number of hydrogen-bond donors (Lipinski definition) is 2. The Morgan fingerprint density at radius 1 is 1.43 bits per heavy atom. The van der Waals surface area contributed by atoms with Crippen molar-refractivity contribution in [3.63, 3.8) is 0 Å². The summed E-state index contributed by atoms with van der Waals surface area (Å²) in [5.41, 5.74) is 0.00843. The number of methoxy groups -OCH3 is 1. The monoisotopic (exact) mass is 315 g/mol. The van der Waals surface area contributed by atoms with Crippen molar-refractivity contribution in [3.8, 4) is 0 Å². The summed E-state index contributed by atoms with van der Waals surface area (Å²) in [6.45, 7) is 2.31. The van der Waals surface area contributed by atoms with Crippen molar-refractivity contribution in [3.05, 3.63) is 35.6 Å². The molecule has 118 valence electrons. The van der Waals surface area contributed by atoms with Gasteiger partial charge in [0.25, 0.3) is 0 Å². The zero-order chi connectivity index (χ0) is 15.7. The third-order valence-electron chi connectivity index (χ3n) is 2.93. The number of halogens is 1. The van der Waals surface area contributed by atoms with Crippen molar-refractivity contribution in [1.29, 1.82) is 0 Å². The average Bonchev–Trinajstić information content (AvgIpc) is 2.45. The summed E-state index contributed by atoms with van der Waals surface area (Å²) in [4.78, 5) is 11.7. The van der Waals surface area contributed by atoms with E-state index in [0.717, 1.165) is 5.56 Å². The fraction of sp³-hybridized carbons (Fsp3) is 0.533. The Balaban J connectivity index is 2.20. The van der Waals surface area contributed by atoms with E-state index in [1.165, 1.54) is 23.9 Å². The van der Waals surface area contributed by atoms with E-state index in [4.69, 9.17) is 4.74 Å². The first kappa shape index (κ1) is 17.9. The molecule has 0 saturated heterocycles. The molecule has 0 fully saturated rings. The van der Waals surface area contributed by atoms with Gasteiger partial charge in [-0.2, -0.15) is 0 Å². The van der Waals surface area contributed by atoms with Crippen LogP contribution in [0.25, 0.3) is 0 Å². The van der Waals surface area contributed by atoms with Gasteiger partial charge in [-0.15, -0.1) is 11.8 Å². The number of thioether (sulfide) groups is 1. The molecule has 0 spiro atoms. The predicted molar refractivity (Wildman–Crippen MR) is 82.7 cm³/mol. The summed E-state index contributed by atoms with van der Waals surface area (Å²) in [5.74, 6) is 0.561. The second-order valence-electron chi connectivity index (χ2n) is 5.14. The number of carbonyl (C=O) groups is 1. The second kappa shape index (κ2) is 9.02. The molecule has 1 aromatic rings. The first-order valence-corrected chi connectivity index (χ1v) is 7.88. The van der Waals surface area contributed by atoms with Crippen LogP contribution >= 0.6 is 11.8 Å². The van der Waals surface area contributed by atoms with Crippen molar-refractivity contribution >= 4 is 17.7 Å². The Bertz CT molecular complexity index is 437. The van der Waals surface area contributed by atoms with E-state index in [1.807, 2.05) is 0 Å². The third-order valence-corrected chi connectivity index (χ3v) is 3.93. The number of nitrogens with one attached hydrogen (secondary N) is 1. The highest BCUT2D eigenvalue weighted by atomic mass is 32.2. The van der Waals surface area contributed by atoms with Crippen LogP contribution in [0.15, 0.2) is 24.3 Å². The topological polar surface area (TPSA) is 58.6 Å². The van der Waals surface area contributed by atoms with E-state index in [9.17, 15) is 14.3 Å². The first-order chi connectivity index (χ1) is 9.93. The Morgan fingerprint density at radius 2 is 2.10 bits per heavy atom. The lowest BCUT2D eigenvalue weighted by molar-refractivity contribution is -0.119. The van der Waals surface area contributed by atoms with Crippen LogP contribution in [0.3, 0.4) is 0 Å². The molecule has 6 heteroatoms. The molecule has 0 bridgehead atoms. The second-order valence-corrected chi connectivity index (χ2v) is 6.12. The van der Waals surface area contributed by atoms with Gasteiger partial charge in [0.2, 0.25) is 5.91 Å². The molecule has 0 saturated carbocycles. The highest BCUT2D eigenvalue weighted by molar-refractivity contribution is 7.99. The van der Waals surface area contributed by atoms with E-state index in [1.54, 1.807) is 26.2 Å². The minimum absolute atomic E-state index is 0.125. The van der Waals surface area contributed by atoms with E-state index >= 15 is 0 Å². The maximum absolute atomic E-state index is 12.7. The van der Waals surface area contributed by atoms with E-state index in [-0.39, 0.29) is 18.3 Å². The number of rotatable bonds is 9. The van der Waals surface area contributed by atoms with Gasteiger partial charge in [-0.05, 0) is 24.6 Å². The minimum atomic E-state index is -0.965. The maximum atomic E-state index is 12.7. The van der Waals surface area contributed by atoms with Gasteiger partial charge in [0.15, 0.2) is 0 Å². The van der Waals surface area contributed by atoms with Crippen LogP contribution in [0, 0.1) is 5.82 Å². The zero-order valence-electron chi connectivity index (χ0n) is 12.4. The third kappa shape index (κ3) is 8.04. The summed E-state index contributed by atoms with van der Waals surface area (Å²) in [6, 6.07) is 6.22. The number of aliphatic hydroxyl groups is 1. The molecule has 1 amide bonds. The summed E-state index contributed by atoms with van der Waals surface area (Å²) in [7, 11) is 1.57. The lowest BCUT2D eigenvalue weighted by atomic mass is 10.0. The predicted octanol–water partition coefficient (Wildman–Crippen LogP) is 1.96. The van der Waals surface area contributed by atoms with Crippen molar-refractivity contribution < 1.29 is 19.0 Å². The maximum Gasteiger partial charge on any atom is 0.230 e. The molecule has 0 heterocycles. The van der Waals surface area contributed by atoms with E-state index in [0.29, 0.717) is 24.5 Å². The standard InChI is InChI=1S/C15H22FNO3S/c1-15(19,7-8-20-2)11-17-14(18)10-21-9-12-3-5-13(16)6-4-12/h3-6,19H,7-11H2,1-2H3,(H,17,18). The van der Waals surface area contributed by atoms with Crippen LogP contribution in [0.4, 0.5) is 4.39 Å². The summed E-state index contributed by atoms with van der Waals surface area (Å²) < 4.78 is 17.6. The van der Waals surface area contributed by atoms with Crippen LogP contribution in [-0.4, -0.2) is 42.6 Å². The molecule has 4 nitrogen and oxygen atoms in total. The highest BCUT2D eigenvalue weighted by Gasteiger charge is 2.20. The van der Waals surface area contributed by atoms with Crippen molar-refractivity contribution in [2.24, 2.45) is 0 Å². The summed E-state index contributed by atoms with van der Waals surface area (Å²) in [6.07, 6.45) is 0.465. The fourth-order valence-electron chi connectivity index (χ4n) is 1.59. The number of benzene rings is 1. The smallest absolute Gasteiger partial charge is 0.230 e. The lowest BCUT2D eigenvalue weighted by Gasteiger charge is -2.23. The van der Waals surface area contributed by atoms with Gasteiger partial charge < -0.3 is 15.2 Å². The SMILES string of the molecule is COCCC(C)(O)CNC(=O)CSCc1ccc(F)cc1. The van der Waals surface area contributed by atoms with Gasteiger partial charge in [0, 0.05) is 32.4 Å². The van der Waals surface area contributed by atoms with Crippen LogP contribution in [0.1, 0.15) is 18.9 Å². The van der Waals surface area contributed by atoms with Crippen molar-refractivity contribution in [1.82, 2.24) is 5.32 Å². The number of amides is 1. The number of ether oxygens (including phenoxy) is 1. The molecule has 0 radical (unpaired) electrons. The summed E-state index contributed by atoms with van der Waals surface area (Å²) >= 11 is 1.45. The van der Waals surface area contributed by atoms with Crippen molar-refractivity contribution in [2.75, 3.05) is 26.0 Å². The molecular weight excluding hydrogens is 293 g/mol. The van der Waals surface area contributed by atoms with Crippen molar-refractivity contribution in [2.45, 2.75) is 24.7 Å². The molecule has 0 aliphatic rings. The molecule has 1 aromatic carbocycles. The number of carbonyl (C=O) groups excluding carboxylic acids is 1. The molecular formula is C15H22FNO3S. The Labute approximate surface area is 129 Å². The zero-order valence-corrected chi connectivity index (χ0v) is 13.2. The van der Waals surface area contributed by atoms with Gasteiger partial charge in [0.1, 0.15) is 5.82 Å². The van der Waals surface area contributed by atoms with E-state index in [2.05, 4.69) is 5.32 Å². The Kier molecular flexibility index (Phi) is 7.71. The quantitative estimate of drug-likeness (QED) is 0.731. The fourth-order valence-corrected chi connectivity index (χ4v) is 2.41. The lowest BCUT2D eigenvalue weighted by Crippen LogP contribution is -2.42. The van der Waals surface area contributed by atoms with Gasteiger partial charge in [-0.25, -0.2) is 4.39 Å². The van der Waals surface area contributed by atoms with Gasteiger partial charge >= 0.3 is 0 Å². The summed E-state index contributed by atoms with van der Waals surface area (Å²) in [5, 5.41) is 12.7.